The SMILES string of the molecule is COC(=O)[C@H](N)CC1CCN(C(=O)OCc2ccccc2)CC1.Cl. The number of amides is 1. The van der Waals surface area contributed by atoms with Gasteiger partial charge < -0.3 is 20.1 Å². The molecule has 24 heavy (non-hydrogen) atoms. The Kier molecular flexibility index (Phi) is 8.57. The number of ether oxygens (including phenoxy) is 2. The van der Waals surface area contributed by atoms with E-state index in [0.717, 1.165) is 18.4 Å². The number of hydrogen-bond acceptors (Lipinski definition) is 5. The number of likely N-dealkylation sites (tertiary alicyclic amines) is 1. The minimum Gasteiger partial charge on any atom is -0.468 e. The summed E-state index contributed by atoms with van der Waals surface area (Å²) in [6, 6.07) is 9.02. The van der Waals surface area contributed by atoms with E-state index in [-0.39, 0.29) is 31.1 Å². The minimum absolute atomic E-state index is 0. The predicted octanol–water partition coefficient (Wildman–Crippen LogP) is 2.35. The number of carbonyl (C=O) groups excluding carboxylic acids is 2. The highest BCUT2D eigenvalue weighted by Crippen LogP contribution is 2.22. The summed E-state index contributed by atoms with van der Waals surface area (Å²) < 4.78 is 9.97. The van der Waals surface area contributed by atoms with Crippen LogP contribution in [0.1, 0.15) is 24.8 Å². The molecule has 1 heterocycles. The molecule has 0 aromatic heterocycles. The lowest BCUT2D eigenvalue weighted by Gasteiger charge is -2.32. The van der Waals surface area contributed by atoms with E-state index >= 15 is 0 Å². The Morgan fingerprint density at radius 3 is 2.46 bits per heavy atom. The molecule has 2 rings (SSSR count). The maximum Gasteiger partial charge on any atom is 0.410 e. The average molecular weight is 357 g/mol. The Bertz CT molecular complexity index is 519. The van der Waals surface area contributed by atoms with Crippen molar-refractivity contribution in [2.75, 3.05) is 20.2 Å². The van der Waals surface area contributed by atoms with Gasteiger partial charge in [-0.2, -0.15) is 0 Å². The van der Waals surface area contributed by atoms with Gasteiger partial charge >= 0.3 is 12.1 Å². The van der Waals surface area contributed by atoms with Crippen LogP contribution in [0.2, 0.25) is 0 Å². The Balaban J connectivity index is 0.00000288. The molecule has 0 unspecified atom stereocenters. The summed E-state index contributed by atoms with van der Waals surface area (Å²) in [5.41, 5.74) is 6.76. The highest BCUT2D eigenvalue weighted by Gasteiger charge is 2.27. The summed E-state index contributed by atoms with van der Waals surface area (Å²) in [4.78, 5) is 25.1. The quantitative estimate of drug-likeness (QED) is 0.819. The van der Waals surface area contributed by atoms with Crippen LogP contribution in [-0.4, -0.2) is 43.2 Å². The first-order valence-electron chi connectivity index (χ1n) is 7.89. The zero-order valence-corrected chi connectivity index (χ0v) is 14.7. The van der Waals surface area contributed by atoms with Crippen LogP contribution in [0.25, 0.3) is 0 Å². The maximum absolute atomic E-state index is 12.1. The third-order valence-electron chi connectivity index (χ3n) is 4.17. The fourth-order valence-corrected chi connectivity index (χ4v) is 2.77. The number of methoxy groups -OCH3 is 1. The number of hydrogen-bond donors (Lipinski definition) is 1. The molecule has 1 aliphatic rings. The summed E-state index contributed by atoms with van der Waals surface area (Å²) >= 11 is 0. The number of benzene rings is 1. The number of halogens is 1. The molecular weight excluding hydrogens is 332 g/mol. The monoisotopic (exact) mass is 356 g/mol. The van der Waals surface area contributed by atoms with E-state index in [2.05, 4.69) is 4.74 Å². The number of nitrogens with zero attached hydrogens (tertiary/aromatic N) is 1. The van der Waals surface area contributed by atoms with E-state index in [1.807, 2.05) is 30.3 Å². The first-order chi connectivity index (χ1) is 11.1. The molecule has 6 nitrogen and oxygen atoms in total. The number of carbonyl (C=O) groups is 2. The standard InChI is InChI=1S/C17H24N2O4.ClH/c1-22-16(20)15(18)11-13-7-9-19(10-8-13)17(21)23-12-14-5-3-2-4-6-14;/h2-6,13,15H,7-12,18H2,1H3;1H/t15-;/m1./s1. The Hall–Kier alpha value is -1.79. The van der Waals surface area contributed by atoms with Crippen LogP contribution in [0.5, 0.6) is 0 Å². The van der Waals surface area contributed by atoms with E-state index in [4.69, 9.17) is 10.5 Å². The van der Waals surface area contributed by atoms with Gasteiger partial charge in [-0.15, -0.1) is 12.4 Å². The van der Waals surface area contributed by atoms with Crippen molar-refractivity contribution >= 4 is 24.5 Å². The van der Waals surface area contributed by atoms with Crippen molar-refractivity contribution in [1.82, 2.24) is 4.90 Å². The average Bonchev–Trinajstić information content (AvgIpc) is 2.60. The van der Waals surface area contributed by atoms with Crippen LogP contribution in [0.3, 0.4) is 0 Å². The molecule has 1 aromatic rings. The number of esters is 1. The summed E-state index contributed by atoms with van der Waals surface area (Å²) in [7, 11) is 1.34. The van der Waals surface area contributed by atoms with E-state index in [0.29, 0.717) is 25.4 Å². The Labute approximate surface area is 148 Å². The van der Waals surface area contributed by atoms with Gasteiger partial charge in [-0.1, -0.05) is 30.3 Å². The van der Waals surface area contributed by atoms with Crippen molar-refractivity contribution in [2.45, 2.75) is 31.9 Å². The normalized spacial score (nSPS) is 16.0. The van der Waals surface area contributed by atoms with Crippen LogP contribution in [0.15, 0.2) is 30.3 Å². The Morgan fingerprint density at radius 2 is 1.88 bits per heavy atom. The van der Waals surface area contributed by atoms with Gasteiger partial charge in [0.05, 0.1) is 7.11 Å². The molecule has 0 radical (unpaired) electrons. The lowest BCUT2D eigenvalue weighted by Crippen LogP contribution is -2.41. The summed E-state index contributed by atoms with van der Waals surface area (Å²) in [5, 5.41) is 0. The van der Waals surface area contributed by atoms with Gasteiger partial charge in [0, 0.05) is 13.1 Å². The van der Waals surface area contributed by atoms with Crippen molar-refractivity contribution in [3.63, 3.8) is 0 Å². The molecule has 1 aromatic carbocycles. The molecule has 1 aliphatic heterocycles. The second-order valence-electron chi connectivity index (χ2n) is 5.84. The predicted molar refractivity (Wildman–Crippen MR) is 92.8 cm³/mol. The van der Waals surface area contributed by atoms with Crippen LogP contribution in [0.4, 0.5) is 4.79 Å². The molecule has 0 saturated carbocycles. The first-order valence-corrected chi connectivity index (χ1v) is 7.89. The molecule has 0 spiro atoms. The van der Waals surface area contributed by atoms with Crippen LogP contribution in [0, 0.1) is 5.92 Å². The van der Waals surface area contributed by atoms with Crippen molar-refractivity contribution in [3.8, 4) is 0 Å². The summed E-state index contributed by atoms with van der Waals surface area (Å²) in [5.74, 6) is -0.0445. The second-order valence-corrected chi connectivity index (χ2v) is 5.84. The number of nitrogens with two attached hydrogens (primary N) is 1. The minimum atomic E-state index is -0.582. The molecule has 134 valence electrons. The van der Waals surface area contributed by atoms with E-state index in [1.165, 1.54) is 7.11 Å². The van der Waals surface area contributed by atoms with Crippen molar-refractivity contribution in [3.05, 3.63) is 35.9 Å². The zero-order valence-electron chi connectivity index (χ0n) is 13.8. The summed E-state index contributed by atoms with van der Waals surface area (Å²) in [6.07, 6.45) is 1.96. The molecule has 0 bridgehead atoms. The van der Waals surface area contributed by atoms with Crippen LogP contribution in [-0.2, 0) is 20.9 Å². The van der Waals surface area contributed by atoms with Gasteiger partial charge in [-0.25, -0.2) is 4.79 Å². The topological polar surface area (TPSA) is 81.9 Å². The third kappa shape index (κ3) is 6.02. The van der Waals surface area contributed by atoms with E-state index in [9.17, 15) is 9.59 Å². The van der Waals surface area contributed by atoms with Gasteiger partial charge in [0.2, 0.25) is 0 Å². The first kappa shape index (κ1) is 20.3. The van der Waals surface area contributed by atoms with Crippen molar-refractivity contribution in [1.29, 1.82) is 0 Å². The largest absolute Gasteiger partial charge is 0.468 e. The van der Waals surface area contributed by atoms with Crippen LogP contribution < -0.4 is 5.73 Å². The van der Waals surface area contributed by atoms with Crippen LogP contribution >= 0.6 is 12.4 Å². The molecule has 1 amide bonds. The van der Waals surface area contributed by atoms with Gasteiger partial charge in [0.15, 0.2) is 0 Å². The maximum atomic E-state index is 12.1. The van der Waals surface area contributed by atoms with Gasteiger partial charge in [-0.05, 0) is 30.7 Å². The molecule has 1 fully saturated rings. The molecule has 1 saturated heterocycles. The zero-order chi connectivity index (χ0) is 16.7. The van der Waals surface area contributed by atoms with E-state index in [1.54, 1.807) is 4.90 Å². The van der Waals surface area contributed by atoms with E-state index < -0.39 is 6.04 Å². The summed E-state index contributed by atoms with van der Waals surface area (Å²) in [6.45, 7) is 1.55. The highest BCUT2D eigenvalue weighted by molar-refractivity contribution is 5.85. The number of piperidine rings is 1. The smallest absolute Gasteiger partial charge is 0.410 e. The van der Waals surface area contributed by atoms with Gasteiger partial charge in [-0.3, -0.25) is 4.79 Å². The fourth-order valence-electron chi connectivity index (χ4n) is 2.77. The lowest BCUT2D eigenvalue weighted by molar-refractivity contribution is -0.142. The molecule has 0 aliphatic carbocycles. The third-order valence-corrected chi connectivity index (χ3v) is 4.17. The van der Waals surface area contributed by atoms with Crippen molar-refractivity contribution < 1.29 is 19.1 Å². The van der Waals surface area contributed by atoms with Gasteiger partial charge in [0.1, 0.15) is 12.6 Å². The Morgan fingerprint density at radius 1 is 1.25 bits per heavy atom. The lowest BCUT2D eigenvalue weighted by atomic mass is 9.90. The van der Waals surface area contributed by atoms with Crippen molar-refractivity contribution in [2.24, 2.45) is 11.7 Å². The van der Waals surface area contributed by atoms with Gasteiger partial charge in [0.25, 0.3) is 0 Å². The fraction of sp³-hybridized carbons (Fsp3) is 0.529. The molecular formula is C17H25ClN2O4. The second kappa shape index (κ2) is 10.2. The molecule has 1 atom stereocenters. The highest BCUT2D eigenvalue weighted by atomic mass is 35.5. The molecule has 2 N–H and O–H groups in total. The number of rotatable bonds is 5. The molecule has 7 heteroatoms.